The van der Waals surface area contributed by atoms with Gasteiger partial charge in [0.15, 0.2) is 0 Å². The Hall–Kier alpha value is -2.61. The number of carbonyl (C=O) groups is 1. The van der Waals surface area contributed by atoms with Crippen LogP contribution in [-0.2, 0) is 16.4 Å². The van der Waals surface area contributed by atoms with Crippen LogP contribution in [0.2, 0.25) is 0 Å². The molecule has 0 radical (unpaired) electrons. The molecule has 1 aromatic carbocycles. The molecule has 3 heterocycles. The SMILES string of the molecule is O=C(NCCc1ccco1)c1ccc2c(c1)S(=O)(=O)N=C1CCCCCN12. The van der Waals surface area contributed by atoms with Gasteiger partial charge in [-0.25, -0.2) is 0 Å². The van der Waals surface area contributed by atoms with E-state index in [4.69, 9.17) is 4.42 Å². The van der Waals surface area contributed by atoms with E-state index in [0.29, 0.717) is 36.5 Å². The number of amides is 1. The molecule has 2 aliphatic rings. The number of nitrogens with one attached hydrogen (secondary N) is 1. The van der Waals surface area contributed by atoms with Crippen LogP contribution >= 0.6 is 0 Å². The Kier molecular flexibility index (Phi) is 4.73. The molecule has 0 unspecified atom stereocenters. The van der Waals surface area contributed by atoms with Gasteiger partial charge in [0.2, 0.25) is 0 Å². The minimum Gasteiger partial charge on any atom is -0.469 e. The first-order chi connectivity index (χ1) is 13.0. The van der Waals surface area contributed by atoms with E-state index in [1.54, 1.807) is 24.5 Å². The van der Waals surface area contributed by atoms with Gasteiger partial charge >= 0.3 is 0 Å². The molecule has 0 bridgehead atoms. The monoisotopic (exact) mass is 387 g/mol. The first-order valence-corrected chi connectivity index (χ1v) is 10.5. The highest BCUT2D eigenvalue weighted by molar-refractivity contribution is 7.90. The van der Waals surface area contributed by atoms with Crippen molar-refractivity contribution in [3.8, 4) is 0 Å². The molecule has 0 spiro atoms. The lowest BCUT2D eigenvalue weighted by atomic mass is 10.1. The predicted molar refractivity (Wildman–Crippen MR) is 102 cm³/mol. The lowest BCUT2D eigenvalue weighted by Gasteiger charge is -2.29. The quantitative estimate of drug-likeness (QED) is 0.871. The van der Waals surface area contributed by atoms with Crippen LogP contribution in [0.3, 0.4) is 0 Å². The Morgan fingerprint density at radius 2 is 2.11 bits per heavy atom. The Labute approximate surface area is 158 Å². The Balaban J connectivity index is 1.55. The molecule has 0 atom stereocenters. The standard InChI is InChI=1S/C19H21N3O4S/c23-19(20-10-9-15-5-4-12-26-15)14-7-8-16-17(13-14)27(24,25)21-18-6-2-1-3-11-22(16)18/h4-5,7-8,12-13H,1-3,6,9-11H2,(H,20,23). The van der Waals surface area contributed by atoms with E-state index in [1.807, 2.05) is 11.0 Å². The molecule has 0 saturated carbocycles. The van der Waals surface area contributed by atoms with Crippen LogP contribution in [0.1, 0.15) is 41.8 Å². The smallest absolute Gasteiger partial charge is 0.286 e. The first-order valence-electron chi connectivity index (χ1n) is 9.11. The molecular formula is C19H21N3O4S. The van der Waals surface area contributed by atoms with Crippen molar-refractivity contribution in [2.75, 3.05) is 18.0 Å². The van der Waals surface area contributed by atoms with Crippen molar-refractivity contribution in [1.82, 2.24) is 5.32 Å². The van der Waals surface area contributed by atoms with Crippen molar-refractivity contribution in [2.45, 2.75) is 37.0 Å². The van der Waals surface area contributed by atoms with Gasteiger partial charge in [0, 0.05) is 31.5 Å². The molecule has 27 heavy (non-hydrogen) atoms. The highest BCUT2D eigenvalue weighted by Crippen LogP contribution is 2.34. The fourth-order valence-electron chi connectivity index (χ4n) is 3.48. The lowest BCUT2D eigenvalue weighted by Crippen LogP contribution is -2.35. The van der Waals surface area contributed by atoms with Crippen molar-refractivity contribution < 1.29 is 17.6 Å². The molecule has 0 aliphatic carbocycles. The molecule has 1 aromatic heterocycles. The molecular weight excluding hydrogens is 366 g/mol. The van der Waals surface area contributed by atoms with E-state index in [9.17, 15) is 13.2 Å². The second-order valence-electron chi connectivity index (χ2n) is 6.71. The summed E-state index contributed by atoms with van der Waals surface area (Å²) in [7, 11) is -3.79. The number of furan rings is 1. The van der Waals surface area contributed by atoms with Gasteiger partial charge in [0.05, 0.1) is 12.0 Å². The first kappa shape index (κ1) is 17.8. The number of sulfonamides is 1. The van der Waals surface area contributed by atoms with E-state index in [1.165, 1.54) is 6.07 Å². The number of carbonyl (C=O) groups excluding carboxylic acids is 1. The van der Waals surface area contributed by atoms with Crippen molar-refractivity contribution in [3.05, 3.63) is 47.9 Å². The third-order valence-corrected chi connectivity index (χ3v) is 6.18. The van der Waals surface area contributed by atoms with Gasteiger partial charge in [-0.15, -0.1) is 4.40 Å². The largest absolute Gasteiger partial charge is 0.469 e. The molecule has 2 aliphatic heterocycles. The van der Waals surface area contributed by atoms with Crippen LogP contribution < -0.4 is 10.2 Å². The summed E-state index contributed by atoms with van der Waals surface area (Å²) in [6.07, 6.45) is 5.81. The molecule has 2 aromatic rings. The number of rotatable bonds is 4. The summed E-state index contributed by atoms with van der Waals surface area (Å²) in [5.41, 5.74) is 0.930. The molecule has 8 heteroatoms. The molecule has 1 fully saturated rings. The van der Waals surface area contributed by atoms with Gasteiger partial charge in [-0.05, 0) is 43.2 Å². The fraction of sp³-hybridized carbons (Fsp3) is 0.368. The van der Waals surface area contributed by atoms with E-state index in [0.717, 1.165) is 31.6 Å². The van der Waals surface area contributed by atoms with Crippen LogP contribution in [0.4, 0.5) is 5.69 Å². The van der Waals surface area contributed by atoms with E-state index in [2.05, 4.69) is 9.71 Å². The zero-order valence-corrected chi connectivity index (χ0v) is 15.7. The summed E-state index contributed by atoms with van der Waals surface area (Å²) in [5.74, 6) is 1.08. The number of hydrogen-bond donors (Lipinski definition) is 1. The summed E-state index contributed by atoms with van der Waals surface area (Å²) in [5, 5.41) is 2.79. The van der Waals surface area contributed by atoms with Crippen LogP contribution in [-0.4, -0.2) is 33.3 Å². The minimum absolute atomic E-state index is 0.104. The summed E-state index contributed by atoms with van der Waals surface area (Å²) < 4.78 is 34.5. The maximum atomic E-state index is 12.6. The number of benzene rings is 1. The summed E-state index contributed by atoms with van der Waals surface area (Å²) in [6, 6.07) is 8.45. The number of anilines is 1. The zero-order chi connectivity index (χ0) is 18.9. The van der Waals surface area contributed by atoms with Crippen molar-refractivity contribution >= 4 is 27.5 Å². The number of hydrogen-bond acceptors (Lipinski definition) is 5. The van der Waals surface area contributed by atoms with Crippen molar-refractivity contribution in [1.29, 1.82) is 0 Å². The van der Waals surface area contributed by atoms with E-state index in [-0.39, 0.29) is 10.8 Å². The van der Waals surface area contributed by atoms with Crippen molar-refractivity contribution in [2.24, 2.45) is 4.40 Å². The summed E-state index contributed by atoms with van der Waals surface area (Å²) in [6.45, 7) is 1.15. The summed E-state index contributed by atoms with van der Waals surface area (Å²) in [4.78, 5) is 14.5. The predicted octanol–water partition coefficient (Wildman–Crippen LogP) is 2.73. The molecule has 1 N–H and O–H groups in total. The topological polar surface area (TPSA) is 92.0 Å². The van der Waals surface area contributed by atoms with Crippen LogP contribution in [0.15, 0.2) is 50.3 Å². The van der Waals surface area contributed by atoms with Gasteiger partial charge in [0.25, 0.3) is 15.9 Å². The van der Waals surface area contributed by atoms with Crippen LogP contribution in [0.25, 0.3) is 0 Å². The number of amidine groups is 1. The van der Waals surface area contributed by atoms with Crippen molar-refractivity contribution in [3.63, 3.8) is 0 Å². The van der Waals surface area contributed by atoms with Gasteiger partial charge in [-0.1, -0.05) is 6.42 Å². The highest BCUT2D eigenvalue weighted by atomic mass is 32.2. The van der Waals surface area contributed by atoms with Crippen LogP contribution in [0, 0.1) is 0 Å². The normalized spacial score (nSPS) is 18.1. The van der Waals surface area contributed by atoms with Crippen LogP contribution in [0.5, 0.6) is 0 Å². The average molecular weight is 387 g/mol. The van der Waals surface area contributed by atoms with Gasteiger partial charge in [0.1, 0.15) is 16.5 Å². The van der Waals surface area contributed by atoms with E-state index < -0.39 is 10.0 Å². The minimum atomic E-state index is -3.79. The molecule has 1 amide bonds. The number of fused-ring (bicyclic) bond motifs is 3. The van der Waals surface area contributed by atoms with Gasteiger partial charge in [-0.2, -0.15) is 8.42 Å². The van der Waals surface area contributed by atoms with Gasteiger partial charge < -0.3 is 14.6 Å². The average Bonchev–Trinajstić information content (AvgIpc) is 3.06. The Bertz CT molecular complexity index is 980. The summed E-state index contributed by atoms with van der Waals surface area (Å²) >= 11 is 0. The maximum Gasteiger partial charge on any atom is 0.286 e. The maximum absolute atomic E-state index is 12.6. The Morgan fingerprint density at radius 1 is 1.22 bits per heavy atom. The molecule has 142 valence electrons. The van der Waals surface area contributed by atoms with Gasteiger partial charge in [-0.3, -0.25) is 4.79 Å². The third-order valence-electron chi connectivity index (χ3n) is 4.85. The highest BCUT2D eigenvalue weighted by Gasteiger charge is 2.32. The van der Waals surface area contributed by atoms with E-state index >= 15 is 0 Å². The molecule has 4 rings (SSSR count). The fourth-order valence-corrected chi connectivity index (χ4v) is 4.76. The third kappa shape index (κ3) is 3.62. The zero-order valence-electron chi connectivity index (χ0n) is 14.8. The second-order valence-corrected chi connectivity index (χ2v) is 8.29. The Morgan fingerprint density at radius 3 is 2.93 bits per heavy atom. The number of nitrogens with zero attached hydrogens (tertiary/aromatic N) is 2. The molecule has 1 saturated heterocycles. The lowest BCUT2D eigenvalue weighted by molar-refractivity contribution is 0.0953. The second kappa shape index (κ2) is 7.19. The molecule has 7 nitrogen and oxygen atoms in total.